The molecule has 0 atom stereocenters. The van der Waals surface area contributed by atoms with E-state index in [1.54, 1.807) is 0 Å². The van der Waals surface area contributed by atoms with E-state index in [9.17, 15) is 4.79 Å². The Morgan fingerprint density at radius 1 is 1.20 bits per heavy atom. The van der Waals surface area contributed by atoms with Crippen molar-refractivity contribution in [3.8, 4) is 6.01 Å². The van der Waals surface area contributed by atoms with Gasteiger partial charge in [-0.25, -0.2) is 0 Å². The molecule has 0 spiro atoms. The van der Waals surface area contributed by atoms with Crippen LogP contribution in [0.15, 0.2) is 0 Å². The van der Waals surface area contributed by atoms with Gasteiger partial charge in [0.05, 0.1) is 6.61 Å². The molecule has 0 unspecified atom stereocenters. The fourth-order valence-corrected chi connectivity index (χ4v) is 1.39. The molecule has 0 aromatic carbocycles. The van der Waals surface area contributed by atoms with E-state index in [1.807, 2.05) is 13.8 Å². The van der Waals surface area contributed by atoms with Crippen LogP contribution in [-0.4, -0.2) is 40.6 Å². The molecule has 1 aromatic heterocycles. The minimum absolute atomic E-state index is 0.287. The normalized spacial score (nSPS) is 10.1. The maximum Gasteiger partial charge on any atom is 0.323 e. The summed E-state index contributed by atoms with van der Waals surface area (Å²) < 4.78 is 5.41. The third-order valence-corrected chi connectivity index (χ3v) is 2.27. The van der Waals surface area contributed by atoms with Crippen molar-refractivity contribution in [2.75, 3.05) is 30.3 Å². The van der Waals surface area contributed by atoms with Gasteiger partial charge in [-0.2, -0.15) is 15.0 Å². The van der Waals surface area contributed by atoms with Crippen LogP contribution in [0.3, 0.4) is 0 Å². The van der Waals surface area contributed by atoms with Crippen molar-refractivity contribution in [2.24, 2.45) is 5.73 Å². The first-order valence-corrected chi connectivity index (χ1v) is 6.80. The number of aromatic nitrogens is 3. The highest BCUT2D eigenvalue weighted by Crippen LogP contribution is 2.11. The van der Waals surface area contributed by atoms with Gasteiger partial charge in [-0.15, -0.1) is 0 Å². The Morgan fingerprint density at radius 3 is 2.50 bits per heavy atom. The molecular weight excluding hydrogens is 260 g/mol. The van der Waals surface area contributed by atoms with E-state index < -0.39 is 0 Å². The van der Waals surface area contributed by atoms with E-state index in [0.717, 1.165) is 6.42 Å². The van der Waals surface area contributed by atoms with Crippen LogP contribution in [0.25, 0.3) is 0 Å². The number of primary amides is 1. The van der Waals surface area contributed by atoms with Crippen LogP contribution in [0.4, 0.5) is 11.9 Å². The lowest BCUT2D eigenvalue weighted by Gasteiger charge is -2.09. The minimum atomic E-state index is -0.317. The van der Waals surface area contributed by atoms with E-state index in [0.29, 0.717) is 44.4 Å². The van der Waals surface area contributed by atoms with Gasteiger partial charge < -0.3 is 21.1 Å². The summed E-state index contributed by atoms with van der Waals surface area (Å²) in [5.74, 6) is 0.570. The molecular formula is C12H22N6O2. The fourth-order valence-electron chi connectivity index (χ4n) is 1.39. The molecule has 1 aromatic rings. The molecule has 1 rings (SSSR count). The summed E-state index contributed by atoms with van der Waals surface area (Å²) in [6.07, 6.45) is 1.84. The number of nitrogens with one attached hydrogen (secondary N) is 2. The van der Waals surface area contributed by atoms with Crippen LogP contribution in [0.1, 0.15) is 33.1 Å². The second-order valence-electron chi connectivity index (χ2n) is 4.14. The summed E-state index contributed by atoms with van der Waals surface area (Å²) in [5.41, 5.74) is 5.08. The Labute approximate surface area is 118 Å². The fraction of sp³-hybridized carbons (Fsp3) is 0.667. The molecule has 8 heteroatoms. The van der Waals surface area contributed by atoms with E-state index in [4.69, 9.17) is 10.5 Å². The molecule has 8 nitrogen and oxygen atoms in total. The van der Waals surface area contributed by atoms with Crippen LogP contribution in [0, 0.1) is 0 Å². The Bertz CT molecular complexity index is 426. The van der Waals surface area contributed by atoms with Gasteiger partial charge >= 0.3 is 6.01 Å². The monoisotopic (exact) mass is 282 g/mol. The number of carbonyl (C=O) groups is 1. The zero-order chi connectivity index (χ0) is 14.8. The molecule has 0 bridgehead atoms. The molecule has 0 saturated carbocycles. The smallest absolute Gasteiger partial charge is 0.323 e. The Morgan fingerprint density at radius 2 is 1.90 bits per heavy atom. The summed E-state index contributed by atoms with van der Waals surface area (Å²) >= 11 is 0. The third-order valence-electron chi connectivity index (χ3n) is 2.27. The topological polar surface area (TPSA) is 115 Å². The van der Waals surface area contributed by atoms with E-state index >= 15 is 0 Å². The van der Waals surface area contributed by atoms with Crippen molar-refractivity contribution in [3.05, 3.63) is 0 Å². The molecule has 0 aliphatic heterocycles. The van der Waals surface area contributed by atoms with E-state index in [2.05, 4.69) is 25.6 Å². The van der Waals surface area contributed by atoms with Crippen molar-refractivity contribution in [1.29, 1.82) is 0 Å². The van der Waals surface area contributed by atoms with Gasteiger partial charge in [0, 0.05) is 19.5 Å². The zero-order valence-corrected chi connectivity index (χ0v) is 12.0. The first-order valence-electron chi connectivity index (χ1n) is 6.80. The Hall–Kier alpha value is -2.12. The number of ether oxygens (including phenoxy) is 1. The van der Waals surface area contributed by atoms with Crippen molar-refractivity contribution in [1.82, 2.24) is 15.0 Å². The number of amides is 1. The molecule has 0 saturated heterocycles. The third kappa shape index (κ3) is 6.17. The van der Waals surface area contributed by atoms with Gasteiger partial charge in [0.25, 0.3) is 0 Å². The largest absolute Gasteiger partial charge is 0.463 e. The molecule has 4 N–H and O–H groups in total. The molecule has 1 heterocycles. The summed E-state index contributed by atoms with van der Waals surface area (Å²) in [4.78, 5) is 23.2. The number of nitrogens with zero attached hydrogens (tertiary/aromatic N) is 3. The van der Waals surface area contributed by atoms with Gasteiger partial charge in [0.2, 0.25) is 17.8 Å². The number of anilines is 2. The first-order chi connectivity index (χ1) is 9.65. The maximum absolute atomic E-state index is 10.6. The van der Waals surface area contributed by atoms with E-state index in [-0.39, 0.29) is 11.9 Å². The highest BCUT2D eigenvalue weighted by atomic mass is 16.5. The van der Waals surface area contributed by atoms with Crippen LogP contribution < -0.4 is 21.1 Å². The van der Waals surface area contributed by atoms with Crippen molar-refractivity contribution in [2.45, 2.75) is 33.1 Å². The summed E-state index contributed by atoms with van der Waals surface area (Å²) in [5, 5.41) is 6.04. The zero-order valence-electron chi connectivity index (χ0n) is 12.0. The van der Waals surface area contributed by atoms with E-state index in [1.165, 1.54) is 0 Å². The lowest BCUT2D eigenvalue weighted by molar-refractivity contribution is -0.118. The van der Waals surface area contributed by atoms with Crippen molar-refractivity contribution >= 4 is 17.8 Å². The molecule has 112 valence electrons. The summed E-state index contributed by atoms with van der Waals surface area (Å²) in [6.45, 7) is 5.78. The number of nitrogens with two attached hydrogens (primary N) is 1. The highest BCUT2D eigenvalue weighted by Gasteiger charge is 2.06. The quantitative estimate of drug-likeness (QED) is 0.543. The van der Waals surface area contributed by atoms with Crippen LogP contribution >= 0.6 is 0 Å². The minimum Gasteiger partial charge on any atom is -0.463 e. The van der Waals surface area contributed by atoms with Gasteiger partial charge in [0.1, 0.15) is 0 Å². The molecule has 0 radical (unpaired) electrons. The Balaban J connectivity index is 2.62. The predicted octanol–water partition coefficient (Wildman–Crippen LogP) is 0.770. The second kappa shape index (κ2) is 8.89. The molecule has 1 amide bonds. The van der Waals surface area contributed by atoms with Gasteiger partial charge in [0.15, 0.2) is 0 Å². The highest BCUT2D eigenvalue weighted by molar-refractivity contribution is 5.73. The summed E-state index contributed by atoms with van der Waals surface area (Å²) in [7, 11) is 0. The molecule has 0 aliphatic carbocycles. The van der Waals surface area contributed by atoms with Crippen LogP contribution in [0.2, 0.25) is 0 Å². The average Bonchev–Trinajstić information content (AvgIpc) is 2.41. The number of carbonyl (C=O) groups excluding carboxylic acids is 1. The lowest BCUT2D eigenvalue weighted by atomic mass is 10.3. The Kier molecular flexibility index (Phi) is 7.08. The maximum atomic E-state index is 10.6. The lowest BCUT2D eigenvalue weighted by Crippen LogP contribution is -2.14. The number of hydrogen-bond donors (Lipinski definition) is 3. The van der Waals surface area contributed by atoms with Crippen molar-refractivity contribution in [3.63, 3.8) is 0 Å². The SMILES string of the molecule is CCCOc1nc(NCC)nc(NCCCC(N)=O)n1. The van der Waals surface area contributed by atoms with Gasteiger partial charge in [-0.1, -0.05) is 6.92 Å². The molecule has 0 fully saturated rings. The molecule has 0 aliphatic rings. The van der Waals surface area contributed by atoms with Gasteiger partial charge in [-0.3, -0.25) is 4.79 Å². The number of hydrogen-bond acceptors (Lipinski definition) is 7. The first kappa shape index (κ1) is 15.9. The van der Waals surface area contributed by atoms with Gasteiger partial charge in [-0.05, 0) is 19.8 Å². The molecule has 20 heavy (non-hydrogen) atoms. The van der Waals surface area contributed by atoms with Crippen LogP contribution in [-0.2, 0) is 4.79 Å². The number of rotatable bonds is 10. The predicted molar refractivity (Wildman–Crippen MR) is 76.7 cm³/mol. The summed E-state index contributed by atoms with van der Waals surface area (Å²) in [6, 6.07) is 0.287. The average molecular weight is 282 g/mol. The van der Waals surface area contributed by atoms with Crippen LogP contribution in [0.5, 0.6) is 6.01 Å². The standard InChI is InChI=1S/C12H22N6O2/c1-3-8-20-12-17-10(14-4-2)16-11(18-12)15-7-5-6-9(13)19/h3-8H2,1-2H3,(H2,13,19)(H2,14,15,16,17,18). The van der Waals surface area contributed by atoms with Crippen molar-refractivity contribution < 1.29 is 9.53 Å². The second-order valence-corrected chi connectivity index (χ2v) is 4.14.